The van der Waals surface area contributed by atoms with Gasteiger partial charge in [-0.1, -0.05) is 0 Å². The van der Waals surface area contributed by atoms with Crippen molar-refractivity contribution in [2.24, 2.45) is 10.7 Å². The van der Waals surface area contributed by atoms with Gasteiger partial charge >= 0.3 is 0 Å². The normalized spacial score (nSPS) is 14.5. The van der Waals surface area contributed by atoms with E-state index in [1.165, 1.54) is 0 Å². The van der Waals surface area contributed by atoms with Gasteiger partial charge in [0.05, 0.1) is 12.1 Å². The number of carbonyl (C=O) groups excluding carboxylic acids is 1. The van der Waals surface area contributed by atoms with Crippen LogP contribution < -0.4 is 16.8 Å². The second-order valence-corrected chi connectivity index (χ2v) is 3.32. The molecule has 1 aliphatic rings. The van der Waals surface area contributed by atoms with Crippen LogP contribution in [0.1, 0.15) is 15.9 Å². The molecule has 1 amide bonds. The lowest BCUT2D eigenvalue weighted by molar-refractivity contribution is 0.100. The fourth-order valence-electron chi connectivity index (χ4n) is 1.51. The molecule has 5 nitrogen and oxygen atoms in total. The van der Waals surface area contributed by atoms with E-state index in [-0.39, 0.29) is 0 Å². The molecular weight excluding hydrogens is 192 g/mol. The van der Waals surface area contributed by atoms with Crippen molar-refractivity contribution >= 4 is 17.4 Å². The molecule has 0 bridgehead atoms. The summed E-state index contributed by atoms with van der Waals surface area (Å²) in [6.07, 6.45) is 0. The lowest BCUT2D eigenvalue weighted by Crippen LogP contribution is -2.21. The number of primary amides is 1. The van der Waals surface area contributed by atoms with E-state index in [1.807, 2.05) is 6.07 Å². The minimum atomic E-state index is -0.520. The zero-order valence-electron chi connectivity index (χ0n) is 8.16. The Bertz CT molecular complexity index is 439. The van der Waals surface area contributed by atoms with Gasteiger partial charge < -0.3 is 16.8 Å². The van der Waals surface area contributed by atoms with Crippen molar-refractivity contribution in [1.82, 2.24) is 5.32 Å². The highest BCUT2D eigenvalue weighted by Gasteiger charge is 2.12. The molecule has 0 aromatic heterocycles. The van der Waals surface area contributed by atoms with Crippen LogP contribution in [0.3, 0.4) is 0 Å². The van der Waals surface area contributed by atoms with Crippen molar-refractivity contribution in [1.29, 1.82) is 0 Å². The Balaban J connectivity index is 2.42. The first-order chi connectivity index (χ1) is 7.18. The van der Waals surface area contributed by atoms with Crippen molar-refractivity contribution in [2.45, 2.75) is 0 Å². The van der Waals surface area contributed by atoms with Crippen LogP contribution in [0, 0.1) is 0 Å². The highest BCUT2D eigenvalue weighted by Crippen LogP contribution is 2.14. The molecule has 1 heterocycles. The zero-order chi connectivity index (χ0) is 10.8. The number of nitrogens with zero attached hydrogens (tertiary/aromatic N) is 1. The van der Waals surface area contributed by atoms with Gasteiger partial charge in [0.2, 0.25) is 0 Å². The Morgan fingerprint density at radius 3 is 2.87 bits per heavy atom. The number of aliphatic imine (C=N–C) groups is 1. The Kier molecular flexibility index (Phi) is 2.29. The van der Waals surface area contributed by atoms with E-state index in [0.717, 1.165) is 24.5 Å². The van der Waals surface area contributed by atoms with Crippen LogP contribution in [0.2, 0.25) is 0 Å². The van der Waals surface area contributed by atoms with Gasteiger partial charge in [0.25, 0.3) is 5.91 Å². The van der Waals surface area contributed by atoms with Crippen LogP contribution in [0.5, 0.6) is 0 Å². The number of amides is 1. The van der Waals surface area contributed by atoms with Crippen LogP contribution >= 0.6 is 0 Å². The number of anilines is 1. The summed E-state index contributed by atoms with van der Waals surface area (Å²) in [7, 11) is 0. The van der Waals surface area contributed by atoms with E-state index in [2.05, 4.69) is 10.3 Å². The molecule has 0 unspecified atom stereocenters. The minimum absolute atomic E-state index is 0.337. The van der Waals surface area contributed by atoms with Gasteiger partial charge in [-0.25, -0.2) is 0 Å². The van der Waals surface area contributed by atoms with Gasteiger partial charge in [-0.05, 0) is 18.2 Å². The van der Waals surface area contributed by atoms with Crippen LogP contribution in [0.15, 0.2) is 23.2 Å². The molecule has 0 saturated carbocycles. The molecule has 78 valence electrons. The smallest absolute Gasteiger partial charge is 0.250 e. The van der Waals surface area contributed by atoms with Crippen molar-refractivity contribution < 1.29 is 4.79 Å². The van der Waals surface area contributed by atoms with Crippen molar-refractivity contribution in [3.8, 4) is 0 Å². The summed E-state index contributed by atoms with van der Waals surface area (Å²) in [5.41, 5.74) is 12.4. The number of nitrogens with one attached hydrogen (secondary N) is 1. The van der Waals surface area contributed by atoms with Gasteiger partial charge in [0.15, 0.2) is 0 Å². The maximum atomic E-state index is 11.1. The molecule has 0 atom stereocenters. The molecule has 15 heavy (non-hydrogen) atoms. The maximum absolute atomic E-state index is 11.1. The van der Waals surface area contributed by atoms with E-state index < -0.39 is 5.91 Å². The van der Waals surface area contributed by atoms with E-state index in [9.17, 15) is 4.79 Å². The molecule has 0 aliphatic carbocycles. The highest BCUT2D eigenvalue weighted by atomic mass is 16.1. The predicted octanol–water partition coefficient (Wildman–Crippen LogP) is -0.283. The molecule has 2 rings (SSSR count). The molecule has 0 spiro atoms. The lowest BCUT2D eigenvalue weighted by atomic mass is 10.1. The molecule has 0 fully saturated rings. The summed E-state index contributed by atoms with van der Waals surface area (Å²) in [6.45, 7) is 1.58. The summed E-state index contributed by atoms with van der Waals surface area (Å²) in [5.74, 6) is 0.269. The Morgan fingerprint density at radius 1 is 1.47 bits per heavy atom. The minimum Gasteiger partial charge on any atom is -0.398 e. The molecule has 1 aromatic rings. The van der Waals surface area contributed by atoms with Crippen LogP contribution in [-0.2, 0) is 0 Å². The molecule has 5 heteroatoms. The SMILES string of the molecule is NC(=O)c1cc(C2=NCCN2)ccc1N. The van der Waals surface area contributed by atoms with E-state index >= 15 is 0 Å². The molecular formula is C10H12N4O. The summed E-state index contributed by atoms with van der Waals surface area (Å²) < 4.78 is 0. The Labute approximate surface area is 87.2 Å². The van der Waals surface area contributed by atoms with Gasteiger partial charge in [-0.3, -0.25) is 9.79 Å². The summed E-state index contributed by atoms with van der Waals surface area (Å²) in [6, 6.07) is 5.14. The van der Waals surface area contributed by atoms with Crippen LogP contribution in [0.25, 0.3) is 0 Å². The van der Waals surface area contributed by atoms with Gasteiger partial charge in [-0.15, -0.1) is 0 Å². The fraction of sp³-hybridized carbons (Fsp3) is 0.200. The largest absolute Gasteiger partial charge is 0.398 e. The highest BCUT2D eigenvalue weighted by molar-refractivity contribution is 6.04. The van der Waals surface area contributed by atoms with Gasteiger partial charge in [-0.2, -0.15) is 0 Å². The van der Waals surface area contributed by atoms with Gasteiger partial charge in [0.1, 0.15) is 5.84 Å². The second-order valence-electron chi connectivity index (χ2n) is 3.32. The third kappa shape index (κ3) is 1.76. The van der Waals surface area contributed by atoms with Gasteiger partial charge in [0, 0.05) is 17.8 Å². The third-order valence-corrected chi connectivity index (χ3v) is 2.27. The number of nitrogens with two attached hydrogens (primary N) is 2. The van der Waals surface area contributed by atoms with Crippen molar-refractivity contribution in [3.05, 3.63) is 29.3 Å². The third-order valence-electron chi connectivity index (χ3n) is 2.27. The number of hydrogen-bond acceptors (Lipinski definition) is 4. The first kappa shape index (κ1) is 9.51. The fourth-order valence-corrected chi connectivity index (χ4v) is 1.51. The average Bonchev–Trinajstić information content (AvgIpc) is 2.71. The second kappa shape index (κ2) is 3.61. The summed E-state index contributed by atoms with van der Waals surface area (Å²) >= 11 is 0. The summed E-state index contributed by atoms with van der Waals surface area (Å²) in [4.78, 5) is 15.3. The predicted molar refractivity (Wildman–Crippen MR) is 58.8 cm³/mol. The standard InChI is InChI=1S/C10H12N4O/c11-8-2-1-6(5-7(8)9(12)15)10-13-3-4-14-10/h1-2,5H,3-4,11H2,(H2,12,15)(H,13,14). The maximum Gasteiger partial charge on any atom is 0.250 e. The first-order valence-corrected chi connectivity index (χ1v) is 4.66. The van der Waals surface area contributed by atoms with Crippen molar-refractivity contribution in [3.63, 3.8) is 0 Å². The van der Waals surface area contributed by atoms with Crippen LogP contribution in [-0.4, -0.2) is 24.8 Å². The molecule has 5 N–H and O–H groups in total. The Morgan fingerprint density at radius 2 is 2.27 bits per heavy atom. The molecule has 0 saturated heterocycles. The number of nitrogen functional groups attached to an aromatic ring is 1. The van der Waals surface area contributed by atoms with E-state index in [4.69, 9.17) is 11.5 Å². The lowest BCUT2D eigenvalue weighted by Gasteiger charge is -2.06. The first-order valence-electron chi connectivity index (χ1n) is 4.66. The average molecular weight is 204 g/mol. The summed E-state index contributed by atoms with van der Waals surface area (Å²) in [5, 5.41) is 3.12. The molecule has 1 aliphatic heterocycles. The topological polar surface area (TPSA) is 93.5 Å². The number of benzene rings is 1. The van der Waals surface area contributed by atoms with E-state index in [0.29, 0.717) is 11.3 Å². The quantitative estimate of drug-likeness (QED) is 0.578. The monoisotopic (exact) mass is 204 g/mol. The zero-order valence-corrected chi connectivity index (χ0v) is 8.16. The molecule has 0 radical (unpaired) electrons. The van der Waals surface area contributed by atoms with Crippen molar-refractivity contribution in [2.75, 3.05) is 18.8 Å². The number of amidine groups is 1. The number of carbonyl (C=O) groups is 1. The Hall–Kier alpha value is -2.04. The van der Waals surface area contributed by atoms with E-state index in [1.54, 1.807) is 12.1 Å². The number of hydrogen-bond donors (Lipinski definition) is 3. The van der Waals surface area contributed by atoms with Crippen LogP contribution in [0.4, 0.5) is 5.69 Å². The molecule has 1 aromatic carbocycles. The number of rotatable bonds is 2.